The quantitative estimate of drug-likeness (QED) is 0.926. The number of piperidine rings is 1. The first kappa shape index (κ1) is 15.3. The van der Waals surface area contributed by atoms with E-state index in [9.17, 15) is 4.79 Å². The Hall–Kier alpha value is -1.62. The molecule has 0 amide bonds. The lowest BCUT2D eigenvalue weighted by molar-refractivity contribution is 0.0696. The molecule has 5 heteroatoms. The average molecular weight is 303 g/mol. The summed E-state index contributed by atoms with van der Waals surface area (Å²) in [7, 11) is 0. The van der Waals surface area contributed by atoms with Crippen LogP contribution in [0.1, 0.15) is 43.0 Å². The smallest absolute Gasteiger partial charge is 0.335 e. The number of carboxylic acid groups (broad SMARTS) is 1. The molecule has 1 unspecified atom stereocenters. The van der Waals surface area contributed by atoms with E-state index in [1.807, 2.05) is 0 Å². The number of carboxylic acids is 1. The molecule has 1 atom stereocenters. The van der Waals surface area contributed by atoms with Crippen LogP contribution in [0.15, 0.2) is 18.3 Å². The van der Waals surface area contributed by atoms with Crippen LogP contribution in [0.2, 0.25) is 0 Å². The highest BCUT2D eigenvalue weighted by molar-refractivity contribution is 5.88. The van der Waals surface area contributed by atoms with Gasteiger partial charge in [-0.1, -0.05) is 0 Å². The maximum Gasteiger partial charge on any atom is 0.335 e. The number of nitrogens with zero attached hydrogens (tertiary/aromatic N) is 3. The predicted molar refractivity (Wildman–Crippen MR) is 86.4 cm³/mol. The van der Waals surface area contributed by atoms with Crippen LogP contribution < -0.4 is 4.90 Å². The van der Waals surface area contributed by atoms with Gasteiger partial charge in [0.15, 0.2) is 0 Å². The van der Waals surface area contributed by atoms with Crippen molar-refractivity contribution < 1.29 is 9.90 Å². The summed E-state index contributed by atoms with van der Waals surface area (Å²) in [5.74, 6) is 0.658. The van der Waals surface area contributed by atoms with E-state index in [1.54, 1.807) is 18.3 Å². The Morgan fingerprint density at radius 2 is 1.95 bits per heavy atom. The summed E-state index contributed by atoms with van der Waals surface area (Å²) >= 11 is 0. The lowest BCUT2D eigenvalue weighted by Crippen LogP contribution is -2.43. The molecule has 2 aliphatic heterocycles. The van der Waals surface area contributed by atoms with Gasteiger partial charge in [-0.3, -0.25) is 0 Å². The van der Waals surface area contributed by atoms with Gasteiger partial charge in [0, 0.05) is 25.3 Å². The van der Waals surface area contributed by atoms with Crippen molar-refractivity contribution in [2.45, 2.75) is 38.6 Å². The molecule has 0 radical (unpaired) electrons. The maximum atomic E-state index is 11.1. The van der Waals surface area contributed by atoms with Gasteiger partial charge < -0.3 is 14.9 Å². The first-order valence-corrected chi connectivity index (χ1v) is 8.33. The highest BCUT2D eigenvalue weighted by atomic mass is 16.4. The van der Waals surface area contributed by atoms with E-state index in [2.05, 4.69) is 21.7 Å². The standard InChI is InChI=1S/C17H25N3O2/c1-13(19-8-2-3-9-19)14-5-10-20(11-6-14)16-12-15(17(21)22)4-7-18-16/h4,7,12-14H,2-3,5-6,8-11H2,1H3,(H,21,22). The summed E-state index contributed by atoms with van der Waals surface area (Å²) < 4.78 is 0. The Morgan fingerprint density at radius 3 is 2.59 bits per heavy atom. The third-order valence-corrected chi connectivity index (χ3v) is 5.25. The van der Waals surface area contributed by atoms with Gasteiger partial charge in [0.2, 0.25) is 0 Å². The Kier molecular flexibility index (Phi) is 4.62. The minimum Gasteiger partial charge on any atom is -0.478 e. The van der Waals surface area contributed by atoms with E-state index in [4.69, 9.17) is 5.11 Å². The van der Waals surface area contributed by atoms with E-state index in [0.717, 1.165) is 37.7 Å². The molecular weight excluding hydrogens is 278 g/mol. The molecule has 2 saturated heterocycles. The minimum absolute atomic E-state index is 0.317. The molecule has 1 N–H and O–H groups in total. The Labute approximate surface area is 131 Å². The summed E-state index contributed by atoms with van der Waals surface area (Å²) in [6, 6.07) is 3.91. The second-order valence-corrected chi connectivity index (χ2v) is 6.52. The number of anilines is 1. The lowest BCUT2D eigenvalue weighted by Gasteiger charge is -2.38. The zero-order valence-electron chi connectivity index (χ0n) is 13.2. The molecule has 2 fully saturated rings. The van der Waals surface area contributed by atoms with Crippen molar-refractivity contribution in [3.63, 3.8) is 0 Å². The Morgan fingerprint density at radius 1 is 1.27 bits per heavy atom. The Bertz CT molecular complexity index is 520. The number of likely N-dealkylation sites (tertiary alicyclic amines) is 1. The van der Waals surface area contributed by atoms with Crippen molar-refractivity contribution in [3.8, 4) is 0 Å². The second-order valence-electron chi connectivity index (χ2n) is 6.52. The third kappa shape index (κ3) is 3.24. The van der Waals surface area contributed by atoms with Crippen molar-refractivity contribution >= 4 is 11.8 Å². The fourth-order valence-electron chi connectivity index (χ4n) is 3.78. The van der Waals surface area contributed by atoms with Crippen LogP contribution in [0.3, 0.4) is 0 Å². The van der Waals surface area contributed by atoms with Crippen molar-refractivity contribution in [1.82, 2.24) is 9.88 Å². The molecule has 0 aliphatic carbocycles. The summed E-state index contributed by atoms with van der Waals surface area (Å²) in [6.07, 6.45) is 6.61. The SMILES string of the molecule is CC(C1CCN(c2cc(C(=O)O)ccn2)CC1)N1CCCC1. The van der Waals surface area contributed by atoms with Crippen LogP contribution in [0.25, 0.3) is 0 Å². The van der Waals surface area contributed by atoms with Crippen LogP contribution in [0, 0.1) is 5.92 Å². The van der Waals surface area contributed by atoms with Crippen molar-refractivity contribution in [2.75, 3.05) is 31.1 Å². The summed E-state index contributed by atoms with van der Waals surface area (Å²) in [4.78, 5) is 20.3. The number of carbonyl (C=O) groups is 1. The van der Waals surface area contributed by atoms with E-state index in [-0.39, 0.29) is 0 Å². The Balaban J connectivity index is 1.59. The molecule has 3 heterocycles. The van der Waals surface area contributed by atoms with Gasteiger partial charge in [-0.25, -0.2) is 9.78 Å². The molecule has 120 valence electrons. The maximum absolute atomic E-state index is 11.1. The van der Waals surface area contributed by atoms with Crippen LogP contribution in [0.4, 0.5) is 5.82 Å². The zero-order valence-corrected chi connectivity index (χ0v) is 13.2. The minimum atomic E-state index is -0.888. The van der Waals surface area contributed by atoms with E-state index >= 15 is 0 Å². The number of pyridine rings is 1. The van der Waals surface area contributed by atoms with Gasteiger partial charge in [0.05, 0.1) is 5.56 Å². The number of aromatic nitrogens is 1. The van der Waals surface area contributed by atoms with Gasteiger partial charge in [-0.05, 0) is 63.7 Å². The fraction of sp³-hybridized carbons (Fsp3) is 0.647. The number of aromatic carboxylic acids is 1. The highest BCUT2D eigenvalue weighted by Crippen LogP contribution is 2.28. The first-order chi connectivity index (χ1) is 10.6. The van der Waals surface area contributed by atoms with Gasteiger partial charge >= 0.3 is 5.97 Å². The van der Waals surface area contributed by atoms with Crippen molar-refractivity contribution in [1.29, 1.82) is 0 Å². The van der Waals surface area contributed by atoms with Crippen LogP contribution in [-0.4, -0.2) is 53.2 Å². The number of hydrogen-bond donors (Lipinski definition) is 1. The monoisotopic (exact) mass is 303 g/mol. The molecular formula is C17H25N3O2. The topological polar surface area (TPSA) is 56.7 Å². The molecule has 1 aromatic rings. The zero-order chi connectivity index (χ0) is 15.5. The largest absolute Gasteiger partial charge is 0.478 e. The summed E-state index contributed by atoms with van der Waals surface area (Å²) in [5.41, 5.74) is 0.317. The van der Waals surface area contributed by atoms with Crippen LogP contribution >= 0.6 is 0 Å². The van der Waals surface area contributed by atoms with Gasteiger partial charge in [-0.15, -0.1) is 0 Å². The van der Waals surface area contributed by atoms with Crippen molar-refractivity contribution in [2.24, 2.45) is 5.92 Å². The first-order valence-electron chi connectivity index (χ1n) is 8.33. The molecule has 2 aliphatic rings. The second kappa shape index (κ2) is 6.65. The van der Waals surface area contributed by atoms with Gasteiger partial charge in [0.25, 0.3) is 0 Å². The van der Waals surface area contributed by atoms with Gasteiger partial charge in [-0.2, -0.15) is 0 Å². The molecule has 5 nitrogen and oxygen atoms in total. The van der Waals surface area contributed by atoms with Crippen molar-refractivity contribution in [3.05, 3.63) is 23.9 Å². The normalized spacial score (nSPS) is 22.0. The highest BCUT2D eigenvalue weighted by Gasteiger charge is 2.29. The number of rotatable bonds is 4. The van der Waals surface area contributed by atoms with Crippen LogP contribution in [-0.2, 0) is 0 Å². The summed E-state index contributed by atoms with van der Waals surface area (Å²) in [5, 5.41) is 9.09. The molecule has 1 aromatic heterocycles. The molecule has 3 rings (SSSR count). The number of hydrogen-bond acceptors (Lipinski definition) is 4. The molecule has 0 saturated carbocycles. The third-order valence-electron chi connectivity index (χ3n) is 5.25. The van der Waals surface area contributed by atoms with Gasteiger partial charge in [0.1, 0.15) is 5.82 Å². The molecule has 0 bridgehead atoms. The van der Waals surface area contributed by atoms with E-state index < -0.39 is 5.97 Å². The van der Waals surface area contributed by atoms with E-state index in [1.165, 1.54) is 25.9 Å². The lowest BCUT2D eigenvalue weighted by atomic mass is 9.89. The average Bonchev–Trinajstić information content (AvgIpc) is 3.09. The fourth-order valence-corrected chi connectivity index (χ4v) is 3.78. The van der Waals surface area contributed by atoms with Crippen LogP contribution in [0.5, 0.6) is 0 Å². The molecule has 0 aromatic carbocycles. The summed E-state index contributed by atoms with van der Waals surface area (Å²) in [6.45, 7) is 6.82. The predicted octanol–water partition coefficient (Wildman–Crippen LogP) is 2.48. The molecule has 22 heavy (non-hydrogen) atoms. The molecule has 0 spiro atoms. The van der Waals surface area contributed by atoms with E-state index in [0.29, 0.717) is 11.6 Å².